The lowest BCUT2D eigenvalue weighted by Gasteiger charge is -2.22. The summed E-state index contributed by atoms with van der Waals surface area (Å²) in [5, 5.41) is 6.61. The van der Waals surface area contributed by atoms with Crippen LogP contribution >= 0.6 is 0 Å². The number of hydrogen-bond donors (Lipinski definition) is 2. The number of hydrazone groups is 1. The predicted molar refractivity (Wildman–Crippen MR) is 153 cm³/mol. The second-order valence-electron chi connectivity index (χ2n) is 10.1. The van der Waals surface area contributed by atoms with Crippen LogP contribution in [-0.4, -0.2) is 43.6 Å². The third-order valence-electron chi connectivity index (χ3n) is 5.46. The minimum Gasteiger partial charge on any atom is -0.493 e. The largest absolute Gasteiger partial charge is 0.493 e. The van der Waals surface area contributed by atoms with E-state index in [1.807, 2.05) is 55.5 Å². The first kappa shape index (κ1) is 30.2. The summed E-state index contributed by atoms with van der Waals surface area (Å²) >= 11 is 0. The van der Waals surface area contributed by atoms with E-state index < -0.39 is 23.6 Å². The first-order valence-corrected chi connectivity index (χ1v) is 12.9. The Balaban J connectivity index is 1.60. The molecule has 0 aromatic heterocycles. The molecule has 0 aliphatic rings. The van der Waals surface area contributed by atoms with E-state index in [4.69, 9.17) is 18.9 Å². The van der Waals surface area contributed by atoms with Gasteiger partial charge in [-0.15, -0.1) is 0 Å². The van der Waals surface area contributed by atoms with Crippen molar-refractivity contribution in [2.75, 3.05) is 13.7 Å². The molecule has 3 aromatic carbocycles. The van der Waals surface area contributed by atoms with E-state index in [-0.39, 0.29) is 13.2 Å². The molecule has 0 saturated carbocycles. The molecule has 2 amide bonds. The molecule has 0 saturated heterocycles. The van der Waals surface area contributed by atoms with Gasteiger partial charge in [0.15, 0.2) is 11.5 Å². The molecule has 0 unspecified atom stereocenters. The van der Waals surface area contributed by atoms with Gasteiger partial charge in [0.1, 0.15) is 18.2 Å². The van der Waals surface area contributed by atoms with E-state index in [2.05, 4.69) is 21.9 Å². The van der Waals surface area contributed by atoms with Crippen LogP contribution in [0.15, 0.2) is 77.9 Å². The lowest BCUT2D eigenvalue weighted by atomic mass is 10.1. The number of carbonyl (C=O) groups is 2. The zero-order valence-corrected chi connectivity index (χ0v) is 23.6. The third kappa shape index (κ3) is 10.4. The van der Waals surface area contributed by atoms with Gasteiger partial charge in [-0.2, -0.15) is 5.10 Å². The van der Waals surface area contributed by atoms with Crippen molar-refractivity contribution >= 4 is 18.2 Å². The second-order valence-corrected chi connectivity index (χ2v) is 10.1. The van der Waals surface area contributed by atoms with Gasteiger partial charge in [0.25, 0.3) is 5.91 Å². The van der Waals surface area contributed by atoms with Gasteiger partial charge < -0.3 is 24.3 Å². The number of benzene rings is 3. The molecule has 3 rings (SSSR count). The lowest BCUT2D eigenvalue weighted by Crippen LogP contribution is -2.49. The molecule has 0 fully saturated rings. The Morgan fingerprint density at radius 1 is 0.925 bits per heavy atom. The average Bonchev–Trinajstić information content (AvgIpc) is 2.91. The van der Waals surface area contributed by atoms with Crippen molar-refractivity contribution in [3.63, 3.8) is 0 Å². The molecule has 0 heterocycles. The van der Waals surface area contributed by atoms with Gasteiger partial charge in [-0.1, -0.05) is 60.2 Å². The number of ether oxygens (including phenoxy) is 4. The summed E-state index contributed by atoms with van der Waals surface area (Å²) in [6.45, 7) is 7.86. The average molecular weight is 548 g/mol. The zero-order valence-electron chi connectivity index (χ0n) is 23.6. The highest BCUT2D eigenvalue weighted by molar-refractivity contribution is 5.87. The Bertz CT molecular complexity index is 1290. The molecular weight excluding hydrogens is 510 g/mol. The highest BCUT2D eigenvalue weighted by Crippen LogP contribution is 2.28. The number of hydrogen-bond acceptors (Lipinski definition) is 7. The van der Waals surface area contributed by atoms with Crippen molar-refractivity contribution in [1.82, 2.24) is 10.7 Å². The van der Waals surface area contributed by atoms with Crippen LogP contribution in [-0.2, 0) is 27.5 Å². The number of methoxy groups -OCH3 is 1. The number of carbonyl (C=O) groups excluding carboxylic acids is 2. The maximum Gasteiger partial charge on any atom is 0.408 e. The third-order valence-corrected chi connectivity index (χ3v) is 5.46. The monoisotopic (exact) mass is 547 g/mol. The number of aryl methyl sites for hydroxylation is 1. The minimum atomic E-state index is -1.03. The molecule has 0 spiro atoms. The summed E-state index contributed by atoms with van der Waals surface area (Å²) in [6.07, 6.45) is 0.742. The van der Waals surface area contributed by atoms with E-state index in [1.165, 1.54) is 6.21 Å². The van der Waals surface area contributed by atoms with Crippen LogP contribution in [0.25, 0.3) is 0 Å². The van der Waals surface area contributed by atoms with Crippen molar-refractivity contribution in [2.24, 2.45) is 5.10 Å². The van der Waals surface area contributed by atoms with Crippen LogP contribution in [0.2, 0.25) is 0 Å². The Morgan fingerprint density at radius 3 is 2.38 bits per heavy atom. The second kappa shape index (κ2) is 14.7. The van der Waals surface area contributed by atoms with Gasteiger partial charge in [-0.3, -0.25) is 4.79 Å². The van der Waals surface area contributed by atoms with Crippen molar-refractivity contribution in [1.29, 1.82) is 0 Å². The van der Waals surface area contributed by atoms with Gasteiger partial charge in [-0.05, 0) is 62.6 Å². The van der Waals surface area contributed by atoms with Gasteiger partial charge in [0.05, 0.1) is 26.5 Å². The summed E-state index contributed by atoms with van der Waals surface area (Å²) in [7, 11) is 1.56. The minimum absolute atomic E-state index is 0.0731. The molecule has 212 valence electrons. The van der Waals surface area contributed by atoms with Gasteiger partial charge in [0, 0.05) is 0 Å². The number of nitrogens with one attached hydrogen (secondary N) is 2. The summed E-state index contributed by atoms with van der Waals surface area (Å²) in [5.74, 6) is 0.560. The maximum atomic E-state index is 12.9. The SMILES string of the molecule is COc1cc(/C=N\NC(=O)[C@H](COCc2ccccc2)NC(=O)OC(C)(C)C)ccc1OCc1cccc(C)c1. The first-order valence-electron chi connectivity index (χ1n) is 12.9. The molecule has 1 atom stereocenters. The Kier molecular flexibility index (Phi) is 11.1. The van der Waals surface area contributed by atoms with Crippen molar-refractivity contribution in [3.05, 3.63) is 95.1 Å². The fourth-order valence-electron chi connectivity index (χ4n) is 3.60. The molecule has 9 nitrogen and oxygen atoms in total. The van der Waals surface area contributed by atoms with E-state index in [9.17, 15) is 9.59 Å². The zero-order chi connectivity index (χ0) is 29.0. The molecule has 3 aromatic rings. The highest BCUT2D eigenvalue weighted by Gasteiger charge is 2.24. The standard InChI is InChI=1S/C31H37N3O6/c1-22-10-9-13-25(16-22)20-39-27-15-14-24(17-28(27)37-5)18-32-34-29(35)26(33-30(36)40-31(2,3)4)21-38-19-23-11-7-6-8-12-23/h6-18,26H,19-21H2,1-5H3,(H,33,36)(H,34,35)/b32-18-/t26-/m0/s1. The van der Waals surface area contributed by atoms with Crippen LogP contribution < -0.4 is 20.2 Å². The molecule has 0 radical (unpaired) electrons. The van der Waals surface area contributed by atoms with E-state index in [1.54, 1.807) is 46.1 Å². The van der Waals surface area contributed by atoms with E-state index >= 15 is 0 Å². The summed E-state index contributed by atoms with van der Waals surface area (Å²) in [4.78, 5) is 25.2. The number of rotatable bonds is 12. The Hall–Kier alpha value is -4.37. The fraction of sp³-hybridized carbons (Fsp3) is 0.323. The van der Waals surface area contributed by atoms with Crippen LogP contribution in [0.3, 0.4) is 0 Å². The molecule has 0 aliphatic heterocycles. The fourth-order valence-corrected chi connectivity index (χ4v) is 3.60. The lowest BCUT2D eigenvalue weighted by molar-refractivity contribution is -0.124. The summed E-state index contributed by atoms with van der Waals surface area (Å²) in [6, 6.07) is 21.9. The normalized spacial score (nSPS) is 12.0. The van der Waals surface area contributed by atoms with Gasteiger partial charge >= 0.3 is 6.09 Å². The molecule has 0 aliphatic carbocycles. The Labute approximate surface area is 235 Å². The van der Waals surface area contributed by atoms with Crippen LogP contribution in [0.5, 0.6) is 11.5 Å². The molecular formula is C31H37N3O6. The quantitative estimate of drug-likeness (QED) is 0.240. The van der Waals surface area contributed by atoms with Gasteiger partial charge in [-0.25, -0.2) is 10.2 Å². The van der Waals surface area contributed by atoms with Crippen molar-refractivity contribution in [2.45, 2.75) is 52.6 Å². The summed E-state index contributed by atoms with van der Waals surface area (Å²) < 4.78 is 22.4. The smallest absolute Gasteiger partial charge is 0.408 e. The van der Waals surface area contributed by atoms with Crippen molar-refractivity contribution in [3.8, 4) is 11.5 Å². The Morgan fingerprint density at radius 2 is 1.68 bits per heavy atom. The molecule has 0 bridgehead atoms. The van der Waals surface area contributed by atoms with E-state index in [0.29, 0.717) is 23.7 Å². The number of alkyl carbamates (subject to hydrolysis) is 1. The highest BCUT2D eigenvalue weighted by atomic mass is 16.6. The van der Waals surface area contributed by atoms with Crippen LogP contribution in [0.4, 0.5) is 4.79 Å². The maximum absolute atomic E-state index is 12.9. The molecule has 40 heavy (non-hydrogen) atoms. The van der Waals surface area contributed by atoms with Crippen LogP contribution in [0, 0.1) is 6.92 Å². The predicted octanol–water partition coefficient (Wildman–Crippen LogP) is 5.14. The number of amides is 2. The topological polar surface area (TPSA) is 107 Å². The molecule has 2 N–H and O–H groups in total. The van der Waals surface area contributed by atoms with Gasteiger partial charge in [0.2, 0.25) is 0 Å². The first-order chi connectivity index (χ1) is 19.1. The van der Waals surface area contributed by atoms with E-state index in [0.717, 1.165) is 16.7 Å². The van der Waals surface area contributed by atoms with Crippen molar-refractivity contribution < 1.29 is 28.5 Å². The molecule has 9 heteroatoms. The van der Waals surface area contributed by atoms with Crippen LogP contribution in [0.1, 0.15) is 43.0 Å². The number of nitrogens with zero attached hydrogens (tertiary/aromatic N) is 1. The summed E-state index contributed by atoms with van der Waals surface area (Å²) in [5.41, 5.74) is 5.57.